The lowest BCUT2D eigenvalue weighted by Gasteiger charge is -2.16. The number of rotatable bonds is 5. The summed E-state index contributed by atoms with van der Waals surface area (Å²) in [5.41, 5.74) is 4.97. The maximum atomic E-state index is 13.3. The highest BCUT2D eigenvalue weighted by atomic mass is 19.4. The zero-order valence-corrected chi connectivity index (χ0v) is 13.8. The Morgan fingerprint density at radius 3 is 2.30 bits per heavy atom. The minimum absolute atomic E-state index is 0.0340. The minimum Gasteiger partial charge on any atom is -0.366 e. The summed E-state index contributed by atoms with van der Waals surface area (Å²) in [6.07, 6.45) is -4.01. The van der Waals surface area contributed by atoms with Crippen molar-refractivity contribution in [3.05, 3.63) is 71.9 Å². The van der Waals surface area contributed by atoms with Gasteiger partial charge < -0.3 is 16.4 Å². The number of nitrogens with two attached hydrogens (primary N) is 1. The monoisotopic (exact) mass is 373 g/mol. The standard InChI is InChI=1S/C18H14F3N5O/c19-18(20,21)13-10-23-17(24-11-6-2-1-3-7-11)26-16(13)25-14-9-5-4-8-12(14)15(22)27/h1-10H,(H2,22,27)(H2,23,24,25,26). The molecule has 0 spiro atoms. The molecule has 138 valence electrons. The predicted molar refractivity (Wildman–Crippen MR) is 95.0 cm³/mol. The van der Waals surface area contributed by atoms with E-state index in [4.69, 9.17) is 5.73 Å². The number of para-hydroxylation sites is 2. The topological polar surface area (TPSA) is 92.9 Å². The van der Waals surface area contributed by atoms with Gasteiger partial charge in [-0.15, -0.1) is 0 Å². The van der Waals surface area contributed by atoms with Gasteiger partial charge in [0.25, 0.3) is 5.91 Å². The number of hydrogen-bond donors (Lipinski definition) is 3. The first-order chi connectivity index (χ1) is 12.8. The third-order valence-corrected chi connectivity index (χ3v) is 3.57. The number of halogens is 3. The number of alkyl halides is 3. The van der Waals surface area contributed by atoms with Crippen molar-refractivity contribution in [1.82, 2.24) is 9.97 Å². The number of nitrogens with zero attached hydrogens (tertiary/aromatic N) is 2. The number of carbonyl (C=O) groups excluding carboxylic acids is 1. The SMILES string of the molecule is NC(=O)c1ccccc1Nc1nc(Nc2ccccc2)ncc1C(F)(F)F. The lowest BCUT2D eigenvalue weighted by molar-refractivity contribution is -0.137. The number of benzene rings is 2. The molecule has 0 saturated carbocycles. The van der Waals surface area contributed by atoms with Crippen LogP contribution in [0, 0.1) is 0 Å². The van der Waals surface area contributed by atoms with Gasteiger partial charge >= 0.3 is 6.18 Å². The van der Waals surface area contributed by atoms with Crippen LogP contribution in [0.15, 0.2) is 60.8 Å². The highest BCUT2D eigenvalue weighted by molar-refractivity contribution is 5.99. The molecule has 9 heteroatoms. The summed E-state index contributed by atoms with van der Waals surface area (Å²) < 4.78 is 40.0. The summed E-state index contributed by atoms with van der Waals surface area (Å²) in [7, 11) is 0. The predicted octanol–water partition coefficient (Wildman–Crippen LogP) is 4.08. The van der Waals surface area contributed by atoms with E-state index in [1.54, 1.807) is 42.5 Å². The van der Waals surface area contributed by atoms with Crippen LogP contribution in [0.25, 0.3) is 0 Å². The molecule has 0 unspecified atom stereocenters. The van der Waals surface area contributed by atoms with Crippen molar-refractivity contribution >= 4 is 29.0 Å². The smallest absolute Gasteiger partial charge is 0.366 e. The van der Waals surface area contributed by atoms with E-state index in [1.165, 1.54) is 12.1 Å². The second kappa shape index (κ2) is 7.32. The van der Waals surface area contributed by atoms with E-state index in [1.807, 2.05) is 0 Å². The number of anilines is 4. The van der Waals surface area contributed by atoms with Crippen LogP contribution in [-0.4, -0.2) is 15.9 Å². The Bertz CT molecular complexity index is 961. The third kappa shape index (κ3) is 4.32. The summed E-state index contributed by atoms with van der Waals surface area (Å²) in [6, 6.07) is 14.7. The van der Waals surface area contributed by atoms with Crippen LogP contribution in [0.5, 0.6) is 0 Å². The highest BCUT2D eigenvalue weighted by Gasteiger charge is 2.35. The van der Waals surface area contributed by atoms with Crippen molar-refractivity contribution in [3.8, 4) is 0 Å². The summed E-state index contributed by atoms with van der Waals surface area (Å²) in [5.74, 6) is -1.30. The molecule has 4 N–H and O–H groups in total. The maximum Gasteiger partial charge on any atom is 0.421 e. The molecule has 0 atom stereocenters. The molecular formula is C18H14F3N5O. The van der Waals surface area contributed by atoms with Gasteiger partial charge in [0, 0.05) is 11.9 Å². The van der Waals surface area contributed by atoms with E-state index >= 15 is 0 Å². The first kappa shape index (κ1) is 18.2. The van der Waals surface area contributed by atoms with Gasteiger partial charge in [0.2, 0.25) is 5.95 Å². The summed E-state index contributed by atoms with van der Waals surface area (Å²) in [4.78, 5) is 19.2. The molecule has 3 rings (SSSR count). The normalized spacial score (nSPS) is 11.1. The molecule has 0 radical (unpaired) electrons. The Labute approximate surface area is 152 Å². The molecule has 3 aromatic rings. The van der Waals surface area contributed by atoms with Gasteiger partial charge in [-0.3, -0.25) is 4.79 Å². The van der Waals surface area contributed by atoms with Crippen LogP contribution >= 0.6 is 0 Å². The fourth-order valence-corrected chi connectivity index (χ4v) is 2.33. The maximum absolute atomic E-state index is 13.3. The number of aromatic nitrogens is 2. The summed E-state index contributed by atoms with van der Waals surface area (Å²) >= 11 is 0. The number of primary amides is 1. The van der Waals surface area contributed by atoms with Crippen LogP contribution in [-0.2, 0) is 6.18 Å². The molecule has 0 aliphatic heterocycles. The van der Waals surface area contributed by atoms with Crippen LogP contribution in [0.1, 0.15) is 15.9 Å². The average Bonchev–Trinajstić information content (AvgIpc) is 2.62. The van der Waals surface area contributed by atoms with Crippen molar-refractivity contribution in [2.24, 2.45) is 5.73 Å². The lowest BCUT2D eigenvalue weighted by Crippen LogP contribution is -2.16. The number of amides is 1. The molecule has 2 aromatic carbocycles. The van der Waals surface area contributed by atoms with Crippen LogP contribution in [0.2, 0.25) is 0 Å². The quantitative estimate of drug-likeness (QED) is 0.627. The van der Waals surface area contributed by atoms with Crippen LogP contribution in [0.4, 0.5) is 36.3 Å². The third-order valence-electron chi connectivity index (χ3n) is 3.57. The molecule has 0 fully saturated rings. The fraction of sp³-hybridized carbons (Fsp3) is 0.0556. The molecular weight excluding hydrogens is 359 g/mol. The summed E-state index contributed by atoms with van der Waals surface area (Å²) in [5, 5.41) is 5.37. The Morgan fingerprint density at radius 2 is 1.63 bits per heavy atom. The molecule has 6 nitrogen and oxygen atoms in total. The highest BCUT2D eigenvalue weighted by Crippen LogP contribution is 2.35. The molecule has 1 amide bonds. The molecule has 0 aliphatic rings. The summed E-state index contributed by atoms with van der Waals surface area (Å²) in [6.45, 7) is 0. The zero-order chi connectivity index (χ0) is 19.4. The van der Waals surface area contributed by atoms with Crippen molar-refractivity contribution in [2.75, 3.05) is 10.6 Å². The van der Waals surface area contributed by atoms with Gasteiger partial charge in [0.15, 0.2) is 0 Å². The van der Waals surface area contributed by atoms with E-state index < -0.39 is 23.5 Å². The van der Waals surface area contributed by atoms with Gasteiger partial charge in [-0.05, 0) is 24.3 Å². The van der Waals surface area contributed by atoms with Gasteiger partial charge in [-0.25, -0.2) is 4.98 Å². The molecule has 1 heterocycles. The molecule has 0 bridgehead atoms. The van der Waals surface area contributed by atoms with Crippen molar-refractivity contribution in [3.63, 3.8) is 0 Å². The van der Waals surface area contributed by atoms with E-state index in [2.05, 4.69) is 20.6 Å². The molecule has 27 heavy (non-hydrogen) atoms. The second-order valence-corrected chi connectivity index (χ2v) is 5.48. The van der Waals surface area contributed by atoms with Crippen LogP contribution < -0.4 is 16.4 Å². The van der Waals surface area contributed by atoms with E-state index in [0.29, 0.717) is 11.9 Å². The lowest BCUT2D eigenvalue weighted by atomic mass is 10.1. The van der Waals surface area contributed by atoms with Crippen LogP contribution in [0.3, 0.4) is 0 Å². The van der Waals surface area contributed by atoms with Crippen molar-refractivity contribution < 1.29 is 18.0 Å². The zero-order valence-electron chi connectivity index (χ0n) is 13.8. The number of nitrogens with one attached hydrogen (secondary N) is 2. The Kier molecular flexibility index (Phi) is 4.93. The first-order valence-corrected chi connectivity index (χ1v) is 7.77. The molecule has 0 saturated heterocycles. The molecule has 0 aliphatic carbocycles. The van der Waals surface area contributed by atoms with Gasteiger partial charge in [-0.1, -0.05) is 30.3 Å². The Morgan fingerprint density at radius 1 is 0.963 bits per heavy atom. The number of carbonyl (C=O) groups is 1. The van der Waals surface area contributed by atoms with Crippen molar-refractivity contribution in [2.45, 2.75) is 6.18 Å². The van der Waals surface area contributed by atoms with E-state index in [0.717, 1.165) is 0 Å². The van der Waals surface area contributed by atoms with Gasteiger partial charge in [0.1, 0.15) is 11.4 Å². The first-order valence-electron chi connectivity index (χ1n) is 7.77. The fourth-order valence-electron chi connectivity index (χ4n) is 2.33. The minimum atomic E-state index is -4.69. The Balaban J connectivity index is 2.01. The average molecular weight is 373 g/mol. The molecule has 1 aromatic heterocycles. The van der Waals surface area contributed by atoms with Gasteiger partial charge in [-0.2, -0.15) is 18.2 Å². The number of hydrogen-bond acceptors (Lipinski definition) is 5. The van der Waals surface area contributed by atoms with Gasteiger partial charge in [0.05, 0.1) is 11.3 Å². The second-order valence-electron chi connectivity index (χ2n) is 5.48. The largest absolute Gasteiger partial charge is 0.421 e. The Hall–Kier alpha value is -3.62. The van der Waals surface area contributed by atoms with E-state index in [-0.39, 0.29) is 17.2 Å². The van der Waals surface area contributed by atoms with E-state index in [9.17, 15) is 18.0 Å². The van der Waals surface area contributed by atoms with Crippen molar-refractivity contribution in [1.29, 1.82) is 0 Å².